The minimum atomic E-state index is 0.673. The smallest absolute Gasteiger partial charge is 0.0114 e. The SMILES string of the molecule is C=C(CCC(C)CC1C=CC(C)=CC1C)CC(=C)CC1CCC(Cc2ccc(C)cc2C)CC1.CC.CC. The molecule has 0 heterocycles. The molecular weight excluding hydrogens is 456 g/mol. The normalized spacial score (nSPS) is 23.2. The van der Waals surface area contributed by atoms with Gasteiger partial charge >= 0.3 is 0 Å². The Balaban J connectivity index is 0.00000172. The molecule has 1 aromatic rings. The van der Waals surface area contributed by atoms with Crippen LogP contribution in [0.2, 0.25) is 0 Å². The molecule has 3 unspecified atom stereocenters. The standard InChI is InChI=1S/C34H50.2C2H6/c1-24(8-9-27(4)22-33-16-10-25(2)19-29(33)6)18-28(5)21-31-12-14-32(15-13-31)23-34-17-11-26(3)20-30(34)7;2*1-2/h10-11,16-17,19-20,27,29,31-33H,1,5,8-9,12-15,18,21-23H2,2-4,6-7H3;2*1-2H3. The third kappa shape index (κ3) is 12.4. The lowest BCUT2D eigenvalue weighted by Gasteiger charge is -2.29. The van der Waals surface area contributed by atoms with Crippen LogP contribution in [0.4, 0.5) is 0 Å². The molecule has 3 atom stereocenters. The van der Waals surface area contributed by atoms with E-state index in [1.165, 1.54) is 79.2 Å². The molecule has 0 heteroatoms. The first-order valence-corrected chi connectivity index (χ1v) is 16.0. The second-order valence-electron chi connectivity index (χ2n) is 12.1. The maximum absolute atomic E-state index is 4.46. The van der Waals surface area contributed by atoms with Gasteiger partial charge in [0.25, 0.3) is 0 Å². The summed E-state index contributed by atoms with van der Waals surface area (Å²) in [5.74, 6) is 3.83. The van der Waals surface area contributed by atoms with E-state index in [2.05, 4.69) is 84.2 Å². The fourth-order valence-electron chi connectivity index (χ4n) is 6.32. The highest BCUT2D eigenvalue weighted by Crippen LogP contribution is 2.36. The quantitative estimate of drug-likeness (QED) is 0.255. The minimum Gasteiger partial charge on any atom is -0.0995 e. The zero-order valence-corrected chi connectivity index (χ0v) is 26.8. The molecule has 214 valence electrons. The summed E-state index contributed by atoms with van der Waals surface area (Å²) in [5, 5.41) is 0. The topological polar surface area (TPSA) is 0 Å². The van der Waals surface area contributed by atoms with Crippen molar-refractivity contribution in [2.45, 2.75) is 127 Å². The van der Waals surface area contributed by atoms with E-state index in [9.17, 15) is 0 Å². The van der Waals surface area contributed by atoms with Gasteiger partial charge in [0.1, 0.15) is 0 Å². The fraction of sp³-hybridized carbons (Fsp3) is 0.632. The maximum atomic E-state index is 4.46. The molecule has 1 aromatic carbocycles. The lowest BCUT2D eigenvalue weighted by atomic mass is 9.76. The van der Waals surface area contributed by atoms with Crippen molar-refractivity contribution < 1.29 is 0 Å². The summed E-state index contributed by atoms with van der Waals surface area (Å²) < 4.78 is 0. The van der Waals surface area contributed by atoms with E-state index in [-0.39, 0.29) is 0 Å². The Morgan fingerprint density at radius 1 is 0.921 bits per heavy atom. The summed E-state index contributed by atoms with van der Waals surface area (Å²) in [4.78, 5) is 0. The Kier molecular flexibility index (Phi) is 16.6. The molecule has 2 aliphatic rings. The van der Waals surface area contributed by atoms with Gasteiger partial charge in [-0.05, 0) is 126 Å². The van der Waals surface area contributed by atoms with Crippen molar-refractivity contribution in [1.82, 2.24) is 0 Å². The lowest BCUT2D eigenvalue weighted by molar-refractivity contribution is 0.271. The summed E-state index contributed by atoms with van der Waals surface area (Å²) in [7, 11) is 0. The molecule has 0 saturated heterocycles. The molecule has 0 radical (unpaired) electrons. The van der Waals surface area contributed by atoms with Crippen molar-refractivity contribution in [3.8, 4) is 0 Å². The Hall–Kier alpha value is -1.82. The second kappa shape index (κ2) is 18.5. The van der Waals surface area contributed by atoms with Crippen molar-refractivity contribution in [2.75, 3.05) is 0 Å². The van der Waals surface area contributed by atoms with Crippen LogP contribution in [0.15, 0.2) is 66.3 Å². The van der Waals surface area contributed by atoms with E-state index in [4.69, 9.17) is 0 Å². The number of hydrogen-bond donors (Lipinski definition) is 0. The van der Waals surface area contributed by atoms with Gasteiger partial charge in [0.05, 0.1) is 0 Å². The third-order valence-electron chi connectivity index (χ3n) is 8.52. The van der Waals surface area contributed by atoms with Gasteiger partial charge in [-0.1, -0.05) is 113 Å². The molecule has 0 N–H and O–H groups in total. The van der Waals surface area contributed by atoms with Crippen molar-refractivity contribution in [1.29, 1.82) is 0 Å². The zero-order valence-electron chi connectivity index (χ0n) is 26.8. The van der Waals surface area contributed by atoms with E-state index >= 15 is 0 Å². The molecule has 0 spiro atoms. The van der Waals surface area contributed by atoms with E-state index in [1.54, 1.807) is 5.56 Å². The Morgan fingerprint density at radius 3 is 2.16 bits per heavy atom. The molecule has 0 aromatic heterocycles. The van der Waals surface area contributed by atoms with Crippen LogP contribution in [0.25, 0.3) is 0 Å². The average molecular weight is 519 g/mol. The van der Waals surface area contributed by atoms with E-state index in [1.807, 2.05) is 27.7 Å². The van der Waals surface area contributed by atoms with Crippen molar-refractivity contribution in [3.05, 3.63) is 83.0 Å². The first kappa shape index (κ1) is 34.2. The van der Waals surface area contributed by atoms with Crippen LogP contribution in [-0.2, 0) is 6.42 Å². The fourth-order valence-corrected chi connectivity index (χ4v) is 6.32. The number of benzene rings is 1. The molecule has 1 fully saturated rings. The monoisotopic (exact) mass is 518 g/mol. The molecule has 0 aliphatic heterocycles. The summed E-state index contributed by atoms with van der Waals surface area (Å²) in [6.07, 6.45) is 19.9. The van der Waals surface area contributed by atoms with Crippen LogP contribution >= 0.6 is 0 Å². The van der Waals surface area contributed by atoms with Gasteiger partial charge in [-0.15, -0.1) is 0 Å². The first-order valence-electron chi connectivity index (χ1n) is 16.0. The summed E-state index contributed by atoms with van der Waals surface area (Å²) in [6, 6.07) is 6.97. The van der Waals surface area contributed by atoms with Gasteiger partial charge in [0.15, 0.2) is 0 Å². The molecular formula is C38H62. The van der Waals surface area contributed by atoms with Crippen molar-refractivity contribution in [3.63, 3.8) is 0 Å². The first-order chi connectivity index (χ1) is 18.2. The maximum Gasteiger partial charge on any atom is -0.0114 e. The van der Waals surface area contributed by atoms with Gasteiger partial charge in [0, 0.05) is 0 Å². The van der Waals surface area contributed by atoms with Gasteiger partial charge < -0.3 is 0 Å². The molecule has 0 bridgehead atoms. The van der Waals surface area contributed by atoms with Crippen LogP contribution in [0.1, 0.15) is 123 Å². The number of rotatable bonds is 11. The highest BCUT2D eigenvalue weighted by Gasteiger charge is 2.23. The summed E-state index contributed by atoms with van der Waals surface area (Å²) in [6.45, 7) is 28.3. The largest absolute Gasteiger partial charge is 0.0995 e. The van der Waals surface area contributed by atoms with E-state index in [0.29, 0.717) is 11.8 Å². The van der Waals surface area contributed by atoms with Crippen molar-refractivity contribution in [2.24, 2.45) is 29.6 Å². The predicted molar refractivity (Wildman–Crippen MR) is 174 cm³/mol. The van der Waals surface area contributed by atoms with Crippen LogP contribution in [0, 0.1) is 43.4 Å². The highest BCUT2D eigenvalue weighted by atomic mass is 14.3. The molecule has 0 nitrogen and oxygen atoms in total. The van der Waals surface area contributed by atoms with Gasteiger partial charge in [-0.2, -0.15) is 0 Å². The molecule has 1 saturated carbocycles. The molecule has 0 amide bonds. The van der Waals surface area contributed by atoms with Crippen LogP contribution < -0.4 is 0 Å². The van der Waals surface area contributed by atoms with E-state index < -0.39 is 0 Å². The predicted octanol–water partition coefficient (Wildman–Crippen LogP) is 12.2. The average Bonchev–Trinajstić information content (AvgIpc) is 2.89. The number of allylic oxidation sites excluding steroid dienone is 6. The van der Waals surface area contributed by atoms with Crippen molar-refractivity contribution >= 4 is 0 Å². The third-order valence-corrected chi connectivity index (χ3v) is 8.52. The van der Waals surface area contributed by atoms with Crippen LogP contribution in [0.5, 0.6) is 0 Å². The summed E-state index contributed by atoms with van der Waals surface area (Å²) >= 11 is 0. The lowest BCUT2D eigenvalue weighted by Crippen LogP contribution is -2.17. The van der Waals surface area contributed by atoms with Crippen LogP contribution in [0.3, 0.4) is 0 Å². The number of aryl methyl sites for hydroxylation is 2. The highest BCUT2D eigenvalue weighted by molar-refractivity contribution is 5.30. The minimum absolute atomic E-state index is 0.673. The second-order valence-corrected chi connectivity index (χ2v) is 12.1. The van der Waals surface area contributed by atoms with Crippen LogP contribution in [-0.4, -0.2) is 0 Å². The zero-order chi connectivity index (χ0) is 28.7. The Labute approximate surface area is 238 Å². The Bertz CT molecular complexity index is 887. The molecule has 2 aliphatic carbocycles. The van der Waals surface area contributed by atoms with Gasteiger partial charge in [-0.25, -0.2) is 0 Å². The Morgan fingerprint density at radius 2 is 1.55 bits per heavy atom. The number of hydrogen-bond acceptors (Lipinski definition) is 0. The van der Waals surface area contributed by atoms with Gasteiger partial charge in [-0.3, -0.25) is 0 Å². The van der Waals surface area contributed by atoms with E-state index in [0.717, 1.165) is 30.6 Å². The molecule has 3 rings (SSSR count). The molecule has 38 heavy (non-hydrogen) atoms. The summed E-state index contributed by atoms with van der Waals surface area (Å²) in [5.41, 5.74) is 8.63. The van der Waals surface area contributed by atoms with Gasteiger partial charge in [0.2, 0.25) is 0 Å².